The molecule has 3 rings (SSSR count). The maximum atomic E-state index is 11.4. The molecule has 0 unspecified atom stereocenters. The Morgan fingerprint density at radius 2 is 2.05 bits per heavy atom. The van der Waals surface area contributed by atoms with E-state index in [1.807, 2.05) is 18.2 Å². The molecule has 1 aromatic carbocycles. The van der Waals surface area contributed by atoms with Crippen LogP contribution in [0, 0.1) is 3.57 Å². The first-order valence-electron chi connectivity index (χ1n) is 6.83. The number of hydrogen-bond acceptors (Lipinski definition) is 3. The third kappa shape index (κ3) is 3.18. The lowest BCUT2D eigenvalue weighted by Crippen LogP contribution is -2.11. The number of aryl methyl sites for hydroxylation is 2. The van der Waals surface area contributed by atoms with Gasteiger partial charge in [0.05, 0.1) is 0 Å². The SMILES string of the molecule is O=C(O)c1cc2c(nc1Oc1cccc(I)c1)CCCC2. The monoisotopic (exact) mass is 395 g/mol. The number of nitrogens with zero attached hydrogens (tertiary/aromatic N) is 1. The molecule has 0 radical (unpaired) electrons. The van der Waals surface area contributed by atoms with Crippen molar-refractivity contribution >= 4 is 28.6 Å². The van der Waals surface area contributed by atoms with E-state index in [0.717, 1.165) is 40.5 Å². The Balaban J connectivity index is 2.01. The van der Waals surface area contributed by atoms with Gasteiger partial charge in [-0.3, -0.25) is 0 Å². The lowest BCUT2D eigenvalue weighted by molar-refractivity contribution is 0.0693. The van der Waals surface area contributed by atoms with E-state index in [2.05, 4.69) is 27.6 Å². The first-order valence-corrected chi connectivity index (χ1v) is 7.91. The number of ether oxygens (including phenoxy) is 1. The summed E-state index contributed by atoms with van der Waals surface area (Å²) in [6, 6.07) is 9.19. The fourth-order valence-corrected chi connectivity index (χ4v) is 3.00. The Labute approximate surface area is 136 Å². The Kier molecular flexibility index (Phi) is 4.10. The highest BCUT2D eigenvalue weighted by atomic mass is 127. The van der Waals surface area contributed by atoms with Crippen molar-refractivity contribution in [2.75, 3.05) is 0 Å². The van der Waals surface area contributed by atoms with Crippen LogP contribution >= 0.6 is 22.6 Å². The van der Waals surface area contributed by atoms with Crippen molar-refractivity contribution in [3.05, 3.63) is 50.7 Å². The van der Waals surface area contributed by atoms with Gasteiger partial charge in [-0.2, -0.15) is 0 Å². The van der Waals surface area contributed by atoms with Gasteiger partial charge in [0.1, 0.15) is 11.3 Å². The molecule has 0 bridgehead atoms. The molecule has 0 fully saturated rings. The summed E-state index contributed by atoms with van der Waals surface area (Å²) in [5.74, 6) is -0.214. The minimum Gasteiger partial charge on any atom is -0.477 e. The van der Waals surface area contributed by atoms with Crippen LogP contribution in [-0.2, 0) is 12.8 Å². The van der Waals surface area contributed by atoms with Crippen LogP contribution in [0.25, 0.3) is 0 Å². The predicted molar refractivity (Wildman–Crippen MR) is 87.1 cm³/mol. The third-order valence-corrected chi connectivity index (χ3v) is 4.18. The minimum atomic E-state index is -1.00. The standard InChI is InChI=1S/C16H14INO3/c17-11-5-3-6-12(9-11)21-15-13(16(19)20)8-10-4-1-2-7-14(10)18-15/h3,5-6,8-9H,1-2,4,7H2,(H,19,20). The number of carboxylic acids is 1. The van der Waals surface area contributed by atoms with Crippen LogP contribution in [0.5, 0.6) is 11.6 Å². The topological polar surface area (TPSA) is 59.4 Å². The molecule has 0 amide bonds. The van der Waals surface area contributed by atoms with E-state index >= 15 is 0 Å². The van der Waals surface area contributed by atoms with Gasteiger partial charge in [-0.25, -0.2) is 9.78 Å². The van der Waals surface area contributed by atoms with E-state index in [0.29, 0.717) is 5.75 Å². The van der Waals surface area contributed by atoms with Crippen molar-refractivity contribution in [3.8, 4) is 11.6 Å². The van der Waals surface area contributed by atoms with Gasteiger partial charge in [-0.05, 0) is 78.1 Å². The molecular weight excluding hydrogens is 381 g/mol. The first kappa shape index (κ1) is 14.3. The quantitative estimate of drug-likeness (QED) is 0.797. The number of pyridine rings is 1. The Bertz CT molecular complexity index is 700. The first-order chi connectivity index (χ1) is 10.1. The Morgan fingerprint density at radius 1 is 1.24 bits per heavy atom. The maximum absolute atomic E-state index is 11.4. The van der Waals surface area contributed by atoms with E-state index < -0.39 is 5.97 Å². The van der Waals surface area contributed by atoms with Gasteiger partial charge in [-0.1, -0.05) is 6.07 Å². The molecule has 1 heterocycles. The summed E-state index contributed by atoms with van der Waals surface area (Å²) in [7, 11) is 0. The second-order valence-electron chi connectivity index (χ2n) is 5.02. The average molecular weight is 395 g/mol. The smallest absolute Gasteiger partial charge is 0.341 e. The van der Waals surface area contributed by atoms with Crippen LogP contribution in [-0.4, -0.2) is 16.1 Å². The maximum Gasteiger partial charge on any atom is 0.341 e. The normalized spacial score (nSPS) is 13.6. The van der Waals surface area contributed by atoms with Crippen LogP contribution in [0.2, 0.25) is 0 Å². The molecule has 0 saturated heterocycles. The molecule has 0 aliphatic heterocycles. The van der Waals surface area contributed by atoms with E-state index in [9.17, 15) is 9.90 Å². The van der Waals surface area contributed by atoms with Crippen molar-refractivity contribution in [1.29, 1.82) is 0 Å². The van der Waals surface area contributed by atoms with Gasteiger partial charge in [-0.15, -0.1) is 0 Å². The zero-order valence-electron chi connectivity index (χ0n) is 11.3. The molecule has 1 aromatic heterocycles. The molecule has 0 saturated carbocycles. The number of hydrogen-bond donors (Lipinski definition) is 1. The highest BCUT2D eigenvalue weighted by Gasteiger charge is 2.20. The van der Waals surface area contributed by atoms with Gasteiger partial charge in [0.15, 0.2) is 0 Å². The summed E-state index contributed by atoms with van der Waals surface area (Å²) < 4.78 is 6.75. The van der Waals surface area contributed by atoms with Crippen molar-refractivity contribution in [2.45, 2.75) is 25.7 Å². The number of aromatic carboxylic acids is 1. The number of aromatic nitrogens is 1. The predicted octanol–water partition coefficient (Wildman–Crippen LogP) is 4.06. The molecule has 0 atom stereocenters. The molecule has 21 heavy (non-hydrogen) atoms. The molecule has 2 aromatic rings. The van der Waals surface area contributed by atoms with Crippen molar-refractivity contribution in [2.24, 2.45) is 0 Å². The molecule has 1 N–H and O–H groups in total. The van der Waals surface area contributed by atoms with Crippen molar-refractivity contribution in [3.63, 3.8) is 0 Å². The fourth-order valence-electron chi connectivity index (χ4n) is 2.49. The zero-order chi connectivity index (χ0) is 14.8. The minimum absolute atomic E-state index is 0.134. The van der Waals surface area contributed by atoms with Gasteiger partial charge in [0.2, 0.25) is 5.88 Å². The summed E-state index contributed by atoms with van der Waals surface area (Å²) in [5, 5.41) is 9.38. The number of halogens is 1. The van der Waals surface area contributed by atoms with Crippen LogP contribution in [0.15, 0.2) is 30.3 Å². The summed E-state index contributed by atoms with van der Waals surface area (Å²) in [4.78, 5) is 15.9. The van der Waals surface area contributed by atoms with E-state index in [1.165, 1.54) is 0 Å². The highest BCUT2D eigenvalue weighted by Crippen LogP contribution is 2.29. The van der Waals surface area contributed by atoms with Gasteiger partial charge >= 0.3 is 5.97 Å². The van der Waals surface area contributed by atoms with E-state index in [1.54, 1.807) is 12.1 Å². The Morgan fingerprint density at radius 3 is 2.81 bits per heavy atom. The van der Waals surface area contributed by atoms with E-state index in [4.69, 9.17) is 4.74 Å². The Hall–Kier alpha value is -1.63. The van der Waals surface area contributed by atoms with Crippen LogP contribution in [0.4, 0.5) is 0 Å². The van der Waals surface area contributed by atoms with Crippen LogP contribution in [0.3, 0.4) is 0 Å². The number of carboxylic acid groups (broad SMARTS) is 1. The third-order valence-electron chi connectivity index (χ3n) is 3.51. The summed E-state index contributed by atoms with van der Waals surface area (Å²) in [6.45, 7) is 0. The molecule has 5 heteroatoms. The summed E-state index contributed by atoms with van der Waals surface area (Å²) in [6.07, 6.45) is 3.96. The molecule has 4 nitrogen and oxygen atoms in total. The molecule has 1 aliphatic carbocycles. The van der Waals surface area contributed by atoms with Crippen LogP contribution < -0.4 is 4.74 Å². The summed E-state index contributed by atoms with van der Waals surface area (Å²) in [5.41, 5.74) is 2.13. The van der Waals surface area contributed by atoms with Crippen molar-refractivity contribution < 1.29 is 14.6 Å². The average Bonchev–Trinajstić information content (AvgIpc) is 2.46. The molecule has 108 valence electrons. The van der Waals surface area contributed by atoms with Gasteiger partial charge < -0.3 is 9.84 Å². The van der Waals surface area contributed by atoms with Gasteiger partial charge in [0, 0.05) is 9.26 Å². The molecule has 1 aliphatic rings. The van der Waals surface area contributed by atoms with Crippen LogP contribution in [0.1, 0.15) is 34.5 Å². The largest absolute Gasteiger partial charge is 0.477 e. The number of rotatable bonds is 3. The second kappa shape index (κ2) is 6.01. The van der Waals surface area contributed by atoms with Gasteiger partial charge in [0.25, 0.3) is 0 Å². The van der Waals surface area contributed by atoms with E-state index in [-0.39, 0.29) is 11.4 Å². The summed E-state index contributed by atoms with van der Waals surface area (Å²) >= 11 is 2.19. The number of fused-ring (bicyclic) bond motifs is 1. The fraction of sp³-hybridized carbons (Fsp3) is 0.250. The number of carbonyl (C=O) groups is 1. The van der Waals surface area contributed by atoms with Crippen molar-refractivity contribution in [1.82, 2.24) is 4.98 Å². The lowest BCUT2D eigenvalue weighted by Gasteiger charge is -2.17. The molecule has 0 spiro atoms. The second-order valence-corrected chi connectivity index (χ2v) is 6.26. The number of benzene rings is 1. The molecular formula is C16H14INO3. The zero-order valence-corrected chi connectivity index (χ0v) is 13.5. The highest BCUT2D eigenvalue weighted by molar-refractivity contribution is 14.1. The lowest BCUT2D eigenvalue weighted by atomic mass is 9.95.